The smallest absolute Gasteiger partial charge is 0.0107 e. The van der Waals surface area contributed by atoms with Gasteiger partial charge in [0.2, 0.25) is 0 Å². The molecule has 0 spiro atoms. The molecule has 0 bridgehead atoms. The fraction of sp³-hybridized carbons (Fsp3) is 0.368. The van der Waals surface area contributed by atoms with Crippen LogP contribution < -0.4 is 0 Å². The Labute approximate surface area is 134 Å². The van der Waals surface area contributed by atoms with Gasteiger partial charge in [-0.25, -0.2) is 0 Å². The van der Waals surface area contributed by atoms with Crippen LogP contribution in [0.5, 0.6) is 0 Å². The topological polar surface area (TPSA) is 3.24 Å². The molecule has 0 N–H and O–H groups in total. The lowest BCUT2D eigenvalue weighted by Crippen LogP contribution is -2.29. The lowest BCUT2D eigenvalue weighted by atomic mass is 9.85. The highest BCUT2D eigenvalue weighted by molar-refractivity contribution is 5.85. The number of halogens is 1. The minimum absolute atomic E-state index is 0. The highest BCUT2D eigenvalue weighted by Crippen LogP contribution is 2.36. The Morgan fingerprint density at radius 3 is 2.29 bits per heavy atom. The van der Waals surface area contributed by atoms with Crippen LogP contribution in [-0.4, -0.2) is 25.0 Å². The molecule has 1 nitrogen and oxygen atoms in total. The van der Waals surface area contributed by atoms with Crippen LogP contribution in [0.2, 0.25) is 0 Å². The molecule has 0 saturated heterocycles. The maximum atomic E-state index is 2.39. The van der Waals surface area contributed by atoms with E-state index in [0.29, 0.717) is 12.0 Å². The molecule has 0 heterocycles. The van der Waals surface area contributed by atoms with Crippen molar-refractivity contribution < 1.29 is 0 Å². The van der Waals surface area contributed by atoms with E-state index >= 15 is 0 Å². The summed E-state index contributed by atoms with van der Waals surface area (Å²) < 4.78 is 0. The van der Waals surface area contributed by atoms with Gasteiger partial charge in [0.05, 0.1) is 0 Å². The van der Waals surface area contributed by atoms with Gasteiger partial charge in [0.1, 0.15) is 0 Å². The first-order chi connectivity index (χ1) is 9.75. The third kappa shape index (κ3) is 3.48. The highest BCUT2D eigenvalue weighted by atomic mass is 35.5. The summed E-state index contributed by atoms with van der Waals surface area (Å²) in [7, 11) is 4.42. The maximum Gasteiger partial charge on any atom is 0.0107 e. The Balaban J connectivity index is 0.00000161. The molecule has 1 aliphatic carbocycles. The van der Waals surface area contributed by atoms with Crippen LogP contribution in [0.3, 0.4) is 0 Å². The van der Waals surface area contributed by atoms with Crippen LogP contribution >= 0.6 is 12.4 Å². The van der Waals surface area contributed by atoms with Crippen molar-refractivity contribution in [3.05, 3.63) is 71.3 Å². The zero-order valence-electron chi connectivity index (χ0n) is 12.8. The van der Waals surface area contributed by atoms with E-state index in [9.17, 15) is 0 Å². The van der Waals surface area contributed by atoms with Crippen LogP contribution in [0, 0.1) is 0 Å². The second-order valence-corrected chi connectivity index (χ2v) is 6.05. The normalized spacial score (nSPS) is 21.3. The van der Waals surface area contributed by atoms with E-state index in [1.54, 1.807) is 0 Å². The minimum atomic E-state index is 0. The van der Waals surface area contributed by atoms with Crippen molar-refractivity contribution in [1.29, 1.82) is 0 Å². The molecule has 0 aliphatic heterocycles. The number of hydrogen-bond acceptors (Lipinski definition) is 1. The summed E-state index contributed by atoms with van der Waals surface area (Å²) in [5.41, 5.74) is 4.52. The number of hydrogen-bond donors (Lipinski definition) is 0. The molecule has 2 heteroatoms. The van der Waals surface area contributed by atoms with E-state index in [-0.39, 0.29) is 12.4 Å². The summed E-state index contributed by atoms with van der Waals surface area (Å²) in [5.74, 6) is 0.530. The number of aryl methyl sites for hydroxylation is 1. The number of rotatable bonds is 2. The van der Waals surface area contributed by atoms with Gasteiger partial charge < -0.3 is 4.90 Å². The zero-order chi connectivity index (χ0) is 13.9. The molecule has 0 radical (unpaired) electrons. The third-order valence-electron chi connectivity index (χ3n) is 4.62. The maximum absolute atomic E-state index is 2.39. The highest BCUT2D eigenvalue weighted by Gasteiger charge is 2.26. The fourth-order valence-electron chi connectivity index (χ4n) is 3.41. The van der Waals surface area contributed by atoms with Gasteiger partial charge in [-0.15, -0.1) is 12.4 Å². The molecule has 112 valence electrons. The minimum Gasteiger partial charge on any atom is -0.306 e. The predicted molar refractivity (Wildman–Crippen MR) is 92.4 cm³/mol. The second kappa shape index (κ2) is 7.11. The third-order valence-corrected chi connectivity index (χ3v) is 4.62. The molecule has 21 heavy (non-hydrogen) atoms. The fourth-order valence-corrected chi connectivity index (χ4v) is 3.41. The first kappa shape index (κ1) is 16.1. The molecule has 2 aromatic carbocycles. The van der Waals surface area contributed by atoms with Crippen LogP contribution in [0.4, 0.5) is 0 Å². The summed E-state index contributed by atoms with van der Waals surface area (Å²) in [6.07, 6.45) is 3.67. The van der Waals surface area contributed by atoms with Gasteiger partial charge in [-0.2, -0.15) is 0 Å². The summed E-state index contributed by atoms with van der Waals surface area (Å²) >= 11 is 0. The van der Waals surface area contributed by atoms with Crippen LogP contribution in [0.1, 0.15) is 35.4 Å². The second-order valence-electron chi connectivity index (χ2n) is 6.05. The average molecular weight is 302 g/mol. The molecule has 1 aliphatic rings. The number of fused-ring (bicyclic) bond motifs is 1. The molecule has 2 aromatic rings. The zero-order valence-corrected chi connectivity index (χ0v) is 13.6. The van der Waals surface area contributed by atoms with Gasteiger partial charge in [0, 0.05) is 12.0 Å². The van der Waals surface area contributed by atoms with Gasteiger partial charge in [-0.05, 0) is 50.0 Å². The van der Waals surface area contributed by atoms with Crippen LogP contribution in [0.15, 0.2) is 54.6 Å². The van der Waals surface area contributed by atoms with Gasteiger partial charge >= 0.3 is 0 Å². The molecular formula is C19H24ClN. The number of nitrogens with zero attached hydrogens (tertiary/aromatic N) is 1. The Kier molecular flexibility index (Phi) is 5.44. The molecule has 0 saturated carbocycles. The Hall–Kier alpha value is -1.31. The van der Waals surface area contributed by atoms with Gasteiger partial charge in [0.25, 0.3) is 0 Å². The molecule has 3 rings (SSSR count). The summed E-state index contributed by atoms with van der Waals surface area (Å²) in [6.45, 7) is 0. The van der Waals surface area contributed by atoms with Crippen molar-refractivity contribution in [2.75, 3.05) is 14.1 Å². The predicted octanol–water partition coefficient (Wildman–Crippen LogP) is 4.51. The molecule has 2 atom stereocenters. The van der Waals surface area contributed by atoms with E-state index in [0.717, 1.165) is 0 Å². The lowest BCUT2D eigenvalue weighted by Gasteiger charge is -2.26. The first-order valence-corrected chi connectivity index (χ1v) is 7.55. The molecule has 0 unspecified atom stereocenters. The lowest BCUT2D eigenvalue weighted by molar-refractivity contribution is 0.262. The Morgan fingerprint density at radius 1 is 0.905 bits per heavy atom. The van der Waals surface area contributed by atoms with Crippen LogP contribution in [0.25, 0.3) is 0 Å². The van der Waals surface area contributed by atoms with E-state index < -0.39 is 0 Å². The standard InChI is InChI=1S/C19H23N.ClH/c1-20(2)17-13-12-16-10-6-7-11-18(16)19(14-17)15-8-4-3-5-9-15;/h3-11,17,19H,12-14H2,1-2H3;1H/t17-,19-;/m0./s1. The summed E-state index contributed by atoms with van der Waals surface area (Å²) in [5, 5.41) is 0. The van der Waals surface area contributed by atoms with Crippen molar-refractivity contribution >= 4 is 12.4 Å². The molecular weight excluding hydrogens is 278 g/mol. The van der Waals surface area contributed by atoms with Gasteiger partial charge in [-0.3, -0.25) is 0 Å². The molecule has 0 fully saturated rings. The monoisotopic (exact) mass is 301 g/mol. The SMILES string of the molecule is CN(C)[C@H]1CCc2ccccc2[C@H](c2ccccc2)C1.Cl. The average Bonchev–Trinajstić information content (AvgIpc) is 2.68. The van der Waals surface area contributed by atoms with Gasteiger partial charge in [0.15, 0.2) is 0 Å². The van der Waals surface area contributed by atoms with Crippen LogP contribution in [-0.2, 0) is 6.42 Å². The Morgan fingerprint density at radius 2 is 1.57 bits per heavy atom. The van der Waals surface area contributed by atoms with E-state index in [2.05, 4.69) is 73.6 Å². The van der Waals surface area contributed by atoms with Crippen molar-refractivity contribution in [2.45, 2.75) is 31.2 Å². The summed E-state index contributed by atoms with van der Waals surface area (Å²) in [6, 6.07) is 20.6. The van der Waals surface area contributed by atoms with E-state index in [1.807, 2.05) is 0 Å². The molecule has 0 aromatic heterocycles. The van der Waals surface area contributed by atoms with Crippen molar-refractivity contribution in [3.63, 3.8) is 0 Å². The van der Waals surface area contributed by atoms with Crippen molar-refractivity contribution in [3.8, 4) is 0 Å². The van der Waals surface area contributed by atoms with E-state index in [1.165, 1.54) is 36.0 Å². The van der Waals surface area contributed by atoms with Crippen molar-refractivity contribution in [1.82, 2.24) is 4.90 Å². The summed E-state index contributed by atoms with van der Waals surface area (Å²) in [4.78, 5) is 2.39. The Bertz CT molecular complexity index is 565. The first-order valence-electron chi connectivity index (χ1n) is 7.55. The quantitative estimate of drug-likeness (QED) is 0.738. The van der Waals surface area contributed by atoms with Crippen molar-refractivity contribution in [2.24, 2.45) is 0 Å². The largest absolute Gasteiger partial charge is 0.306 e. The number of benzene rings is 2. The van der Waals surface area contributed by atoms with Gasteiger partial charge in [-0.1, -0.05) is 54.6 Å². The molecule has 0 amide bonds. The van der Waals surface area contributed by atoms with E-state index in [4.69, 9.17) is 0 Å².